The van der Waals surface area contributed by atoms with Crippen LogP contribution in [0.15, 0.2) is 12.1 Å². The minimum atomic E-state index is 0.0282. The summed E-state index contributed by atoms with van der Waals surface area (Å²) in [5.74, 6) is 0.727. The van der Waals surface area contributed by atoms with E-state index in [0.717, 1.165) is 47.9 Å². The fraction of sp³-hybridized carbons (Fsp3) is 0.754. The van der Waals surface area contributed by atoms with Crippen LogP contribution in [0.1, 0.15) is 313 Å². The average molecular weight is 845 g/mol. The van der Waals surface area contributed by atoms with Crippen molar-refractivity contribution in [1.29, 1.82) is 0 Å². The van der Waals surface area contributed by atoms with Crippen molar-refractivity contribution in [3.05, 3.63) is 56.6 Å². The zero-order valence-corrected chi connectivity index (χ0v) is 41.4. The van der Waals surface area contributed by atoms with Gasteiger partial charge < -0.3 is 10.2 Å². The van der Waals surface area contributed by atoms with Crippen LogP contribution in [-0.4, -0.2) is 21.8 Å². The Hall–Kier alpha value is -2.62. The molecule has 4 heteroatoms. The fourth-order valence-corrected chi connectivity index (χ4v) is 9.34. The highest BCUT2D eigenvalue weighted by Gasteiger charge is 2.25. The maximum Gasteiger partial charge on any atom is 0.163 e. The van der Waals surface area contributed by atoms with Gasteiger partial charge in [0, 0.05) is 41.5 Å². The summed E-state index contributed by atoms with van der Waals surface area (Å²) >= 11 is 0. The quantitative estimate of drug-likeness (QED) is 0.0522. The monoisotopic (exact) mass is 845 g/mol. The molecule has 2 aromatic rings. The maximum absolute atomic E-state index is 13.8. The van der Waals surface area contributed by atoms with Crippen molar-refractivity contribution >= 4 is 11.6 Å². The number of unbranched alkanes of at least 4 members (excludes halogenated alkanes) is 28. The van der Waals surface area contributed by atoms with E-state index in [2.05, 4.69) is 13.8 Å². The van der Waals surface area contributed by atoms with Crippen LogP contribution >= 0.6 is 0 Å². The first-order valence-electron chi connectivity index (χ1n) is 26.2. The van der Waals surface area contributed by atoms with Gasteiger partial charge in [-0.05, 0) is 72.9 Å². The van der Waals surface area contributed by atoms with Crippen molar-refractivity contribution in [2.75, 3.05) is 0 Å². The number of rotatable bonds is 38. The van der Waals surface area contributed by atoms with Gasteiger partial charge in [0.1, 0.15) is 11.5 Å². The highest BCUT2D eigenvalue weighted by Crippen LogP contribution is 2.41. The lowest BCUT2D eigenvalue weighted by Crippen LogP contribution is -2.11. The van der Waals surface area contributed by atoms with E-state index in [-0.39, 0.29) is 41.3 Å². The molecule has 2 N–H and O–H groups in total. The van der Waals surface area contributed by atoms with Crippen LogP contribution in [-0.2, 0) is 6.42 Å². The smallest absolute Gasteiger partial charge is 0.163 e. The normalized spacial score (nSPS) is 11.7. The molecule has 2 aromatic carbocycles. The highest BCUT2D eigenvalue weighted by molar-refractivity contribution is 5.99. The predicted molar refractivity (Wildman–Crippen MR) is 264 cm³/mol. The standard InChI is InChI=1S/C57H96O4/c1-9-11-13-15-17-19-21-23-25-27-29-31-33-35-37-39-54(58)50-41-48(44(3)4)56(60)52(46(50)7)43-53-47(8)51(42-49(45(5)6)57(53)61)55(59)40-38-36-34-32-30-28-26-24-22-20-18-16-14-12-10-2/h41-42,44-45,60-61H,9-40,43H2,1-8H3. The van der Waals surface area contributed by atoms with E-state index in [1.165, 1.54) is 167 Å². The van der Waals surface area contributed by atoms with Gasteiger partial charge >= 0.3 is 0 Å². The van der Waals surface area contributed by atoms with E-state index in [1.54, 1.807) is 0 Å². The molecule has 0 bridgehead atoms. The van der Waals surface area contributed by atoms with Crippen molar-refractivity contribution < 1.29 is 19.8 Å². The number of ketones is 2. The number of phenols is 2. The first kappa shape index (κ1) is 54.5. The van der Waals surface area contributed by atoms with Gasteiger partial charge in [-0.25, -0.2) is 0 Å². The molecule has 348 valence electrons. The minimum absolute atomic E-state index is 0.0282. The van der Waals surface area contributed by atoms with Gasteiger partial charge in [-0.15, -0.1) is 0 Å². The van der Waals surface area contributed by atoms with Crippen molar-refractivity contribution in [3.8, 4) is 11.5 Å². The number of aromatic hydroxyl groups is 2. The van der Waals surface area contributed by atoms with Gasteiger partial charge in [0.2, 0.25) is 0 Å². The Balaban J connectivity index is 1.96. The summed E-state index contributed by atoms with van der Waals surface area (Å²) in [4.78, 5) is 27.6. The SMILES string of the molecule is CCCCCCCCCCCCCCCCCC(=O)c1cc(C(C)C)c(O)c(Cc2c(C)c(C(=O)CCCCCCCCCCCCCCCCC)cc(C(C)C)c2O)c1C. The molecule has 61 heavy (non-hydrogen) atoms. The van der Waals surface area contributed by atoms with E-state index in [1.807, 2.05) is 53.7 Å². The van der Waals surface area contributed by atoms with Crippen LogP contribution in [0.2, 0.25) is 0 Å². The molecule has 0 aliphatic heterocycles. The summed E-state index contributed by atoms with van der Waals surface area (Å²) in [5.41, 5.74) is 5.84. The first-order chi connectivity index (χ1) is 29.5. The molecule has 0 heterocycles. The molecule has 0 aromatic heterocycles. The van der Waals surface area contributed by atoms with E-state index in [9.17, 15) is 19.8 Å². The van der Waals surface area contributed by atoms with Crippen LogP contribution in [0.25, 0.3) is 0 Å². The number of hydrogen-bond donors (Lipinski definition) is 2. The van der Waals surface area contributed by atoms with Crippen LogP contribution in [0.5, 0.6) is 11.5 Å². The molecule has 0 saturated heterocycles. The summed E-state index contributed by atoms with van der Waals surface area (Å²) < 4.78 is 0. The van der Waals surface area contributed by atoms with Gasteiger partial charge in [0.15, 0.2) is 11.6 Å². The third kappa shape index (κ3) is 21.1. The Bertz CT molecular complexity index is 1390. The molecule has 0 aliphatic rings. The number of hydrogen-bond acceptors (Lipinski definition) is 4. The second-order valence-corrected chi connectivity index (χ2v) is 19.7. The molecular formula is C57H96O4. The van der Waals surface area contributed by atoms with Crippen LogP contribution in [0.3, 0.4) is 0 Å². The highest BCUT2D eigenvalue weighted by atomic mass is 16.3. The number of phenolic OH excluding ortho intramolecular Hbond substituents is 2. The van der Waals surface area contributed by atoms with E-state index >= 15 is 0 Å². The lowest BCUT2D eigenvalue weighted by atomic mass is 9.83. The summed E-state index contributed by atoms with van der Waals surface area (Å²) in [6, 6.07) is 3.83. The van der Waals surface area contributed by atoms with Gasteiger partial charge in [-0.3, -0.25) is 9.59 Å². The van der Waals surface area contributed by atoms with Gasteiger partial charge in [0.05, 0.1) is 0 Å². The number of benzene rings is 2. The van der Waals surface area contributed by atoms with Crippen molar-refractivity contribution in [1.82, 2.24) is 0 Å². The van der Waals surface area contributed by atoms with E-state index < -0.39 is 0 Å². The second-order valence-electron chi connectivity index (χ2n) is 19.7. The predicted octanol–water partition coefficient (Wildman–Crippen LogP) is 18.4. The third-order valence-electron chi connectivity index (χ3n) is 13.6. The van der Waals surface area contributed by atoms with Crippen molar-refractivity contribution in [2.24, 2.45) is 0 Å². The average Bonchev–Trinajstić information content (AvgIpc) is 3.23. The Morgan fingerprint density at radius 3 is 0.869 bits per heavy atom. The minimum Gasteiger partial charge on any atom is -0.507 e. The Morgan fingerprint density at radius 2 is 0.639 bits per heavy atom. The molecule has 2 rings (SSSR count). The summed E-state index contributed by atoms with van der Waals surface area (Å²) in [5, 5.41) is 23.4. The molecule has 0 amide bonds. The molecule has 4 nitrogen and oxygen atoms in total. The van der Waals surface area contributed by atoms with Gasteiger partial charge in [-0.2, -0.15) is 0 Å². The van der Waals surface area contributed by atoms with Crippen molar-refractivity contribution in [2.45, 2.75) is 279 Å². The summed E-state index contributed by atoms with van der Waals surface area (Å²) in [6.45, 7) is 16.6. The lowest BCUT2D eigenvalue weighted by Gasteiger charge is -2.22. The molecule has 0 radical (unpaired) electrons. The topological polar surface area (TPSA) is 74.6 Å². The fourth-order valence-electron chi connectivity index (χ4n) is 9.34. The number of carbonyl (C=O) groups is 2. The summed E-state index contributed by atoms with van der Waals surface area (Å²) in [7, 11) is 0. The Kier molecular flexibility index (Phi) is 29.5. The van der Waals surface area contributed by atoms with Crippen LogP contribution in [0, 0.1) is 13.8 Å². The second kappa shape index (κ2) is 33.0. The number of carbonyl (C=O) groups excluding carboxylic acids is 2. The third-order valence-corrected chi connectivity index (χ3v) is 13.6. The van der Waals surface area contributed by atoms with Gasteiger partial charge in [-0.1, -0.05) is 221 Å². The molecule has 0 unspecified atom stereocenters. The van der Waals surface area contributed by atoms with Crippen molar-refractivity contribution in [3.63, 3.8) is 0 Å². The van der Waals surface area contributed by atoms with Gasteiger partial charge in [0.25, 0.3) is 0 Å². The Morgan fingerprint density at radius 1 is 0.410 bits per heavy atom. The first-order valence-corrected chi connectivity index (χ1v) is 26.2. The molecular weight excluding hydrogens is 749 g/mol. The Labute approximate surface area is 377 Å². The molecule has 0 atom stereocenters. The molecule has 0 saturated carbocycles. The zero-order valence-electron chi connectivity index (χ0n) is 41.4. The van der Waals surface area contributed by atoms with Crippen LogP contribution in [0.4, 0.5) is 0 Å². The number of Topliss-reactive ketones (excluding diaryl/α,β-unsaturated/α-hetero) is 2. The summed E-state index contributed by atoms with van der Waals surface area (Å²) in [6.07, 6.45) is 40.1. The zero-order chi connectivity index (χ0) is 44.8. The largest absolute Gasteiger partial charge is 0.507 e. The molecule has 0 spiro atoms. The molecule has 0 aliphatic carbocycles. The van der Waals surface area contributed by atoms with E-state index in [0.29, 0.717) is 35.1 Å². The van der Waals surface area contributed by atoms with E-state index in [4.69, 9.17) is 0 Å². The maximum atomic E-state index is 13.8. The lowest BCUT2D eigenvalue weighted by molar-refractivity contribution is 0.0970. The van der Waals surface area contributed by atoms with Crippen LogP contribution < -0.4 is 0 Å². The molecule has 0 fully saturated rings.